The maximum Gasteiger partial charge on any atom is 0.230 e. The third kappa shape index (κ3) is 3.67. The lowest BCUT2D eigenvalue weighted by molar-refractivity contribution is -0.119. The van der Waals surface area contributed by atoms with E-state index in [9.17, 15) is 4.79 Å². The Balaban J connectivity index is 1.41. The predicted molar refractivity (Wildman–Crippen MR) is 100.0 cm³/mol. The van der Waals surface area contributed by atoms with Gasteiger partial charge < -0.3 is 10.6 Å². The van der Waals surface area contributed by atoms with E-state index in [1.165, 1.54) is 38.5 Å². The first-order valence-electron chi connectivity index (χ1n) is 9.76. The molecule has 1 amide bonds. The predicted octanol–water partition coefficient (Wildman–Crippen LogP) is 2.52. The average molecular weight is 356 g/mol. The number of aromatic amines is 1. The van der Waals surface area contributed by atoms with Gasteiger partial charge in [-0.3, -0.25) is 14.6 Å². The highest BCUT2D eigenvalue weighted by Crippen LogP contribution is 2.32. The van der Waals surface area contributed by atoms with Gasteiger partial charge in [0, 0.05) is 49.9 Å². The highest BCUT2D eigenvalue weighted by Gasteiger charge is 2.35. The second kappa shape index (κ2) is 7.61. The van der Waals surface area contributed by atoms with Crippen molar-refractivity contribution in [3.8, 4) is 0 Å². The number of hydrogen-bond acceptors (Lipinski definition) is 4. The number of hydrogen-bond donors (Lipinski definition) is 3. The molecule has 2 atom stereocenters. The minimum atomic E-state index is -0.0998. The molecule has 0 bridgehead atoms. The molecule has 0 unspecified atom stereocenters. The molecule has 140 valence electrons. The molecule has 7 nitrogen and oxygen atoms in total. The number of carbonyl (C=O) groups excluding carboxylic acids is 1. The van der Waals surface area contributed by atoms with Crippen LogP contribution in [0.4, 0.5) is 5.82 Å². The van der Waals surface area contributed by atoms with Gasteiger partial charge in [0.05, 0.1) is 12.1 Å². The van der Waals surface area contributed by atoms with Crippen LogP contribution in [0.2, 0.25) is 0 Å². The molecule has 0 aromatic carbocycles. The molecule has 1 aliphatic carbocycles. The van der Waals surface area contributed by atoms with E-state index in [0.717, 1.165) is 17.8 Å². The van der Waals surface area contributed by atoms with E-state index in [2.05, 4.69) is 25.9 Å². The van der Waals surface area contributed by atoms with Gasteiger partial charge in [0.2, 0.25) is 5.91 Å². The van der Waals surface area contributed by atoms with Crippen molar-refractivity contribution < 1.29 is 4.79 Å². The molecule has 7 heteroatoms. The molecule has 26 heavy (non-hydrogen) atoms. The molecule has 2 aromatic heterocycles. The highest BCUT2D eigenvalue weighted by atomic mass is 16.2. The molecule has 4 rings (SSSR count). The summed E-state index contributed by atoms with van der Waals surface area (Å²) in [7, 11) is 1.90. The van der Waals surface area contributed by atoms with Crippen LogP contribution in [0.25, 0.3) is 0 Å². The van der Waals surface area contributed by atoms with E-state index in [1.54, 1.807) is 4.68 Å². The Kier molecular flexibility index (Phi) is 5.06. The molecule has 3 N–H and O–H groups in total. The summed E-state index contributed by atoms with van der Waals surface area (Å²) in [4.78, 5) is 12.8. The summed E-state index contributed by atoms with van der Waals surface area (Å²) in [6, 6.07) is 2.02. The van der Waals surface area contributed by atoms with Crippen molar-refractivity contribution in [2.75, 3.05) is 18.4 Å². The normalized spacial score (nSPS) is 24.5. The van der Waals surface area contributed by atoms with Crippen molar-refractivity contribution in [2.24, 2.45) is 13.0 Å². The SMILES string of the molecule is Cn1cc([C@H]2CNC[C@@H]2C(=O)Nc2cc(C3CCCCCC3)[nH]n2)cn1. The summed E-state index contributed by atoms with van der Waals surface area (Å²) >= 11 is 0. The Morgan fingerprint density at radius 2 is 2.04 bits per heavy atom. The second-order valence-corrected chi connectivity index (χ2v) is 7.70. The van der Waals surface area contributed by atoms with E-state index < -0.39 is 0 Å². The minimum Gasteiger partial charge on any atom is -0.315 e. The van der Waals surface area contributed by atoms with Gasteiger partial charge in [-0.15, -0.1) is 0 Å². The van der Waals surface area contributed by atoms with Crippen molar-refractivity contribution in [3.05, 3.63) is 29.7 Å². The lowest BCUT2D eigenvalue weighted by Gasteiger charge is -2.16. The van der Waals surface area contributed by atoms with Crippen LogP contribution in [0.1, 0.15) is 61.6 Å². The number of aryl methyl sites for hydroxylation is 1. The van der Waals surface area contributed by atoms with E-state index in [0.29, 0.717) is 18.3 Å². The smallest absolute Gasteiger partial charge is 0.230 e. The third-order valence-electron chi connectivity index (χ3n) is 5.85. The lowest BCUT2D eigenvalue weighted by Crippen LogP contribution is -2.28. The summed E-state index contributed by atoms with van der Waals surface area (Å²) in [5.41, 5.74) is 2.27. The Bertz CT molecular complexity index is 743. The van der Waals surface area contributed by atoms with Gasteiger partial charge in [0.1, 0.15) is 0 Å². The van der Waals surface area contributed by atoms with Gasteiger partial charge in [-0.25, -0.2) is 0 Å². The summed E-state index contributed by atoms with van der Waals surface area (Å²) in [5.74, 6) is 1.28. The Labute approximate surface area is 153 Å². The number of aromatic nitrogens is 4. The fourth-order valence-corrected chi connectivity index (χ4v) is 4.36. The van der Waals surface area contributed by atoms with Gasteiger partial charge in [0.15, 0.2) is 5.82 Å². The van der Waals surface area contributed by atoms with Crippen molar-refractivity contribution in [2.45, 2.75) is 50.4 Å². The molecule has 1 saturated heterocycles. The van der Waals surface area contributed by atoms with Gasteiger partial charge in [-0.1, -0.05) is 25.7 Å². The summed E-state index contributed by atoms with van der Waals surface area (Å²) in [6.45, 7) is 1.49. The van der Waals surface area contributed by atoms with Crippen LogP contribution >= 0.6 is 0 Å². The average Bonchev–Trinajstić information content (AvgIpc) is 3.33. The second-order valence-electron chi connectivity index (χ2n) is 7.70. The van der Waals surface area contributed by atoms with Gasteiger partial charge >= 0.3 is 0 Å². The van der Waals surface area contributed by atoms with Gasteiger partial charge in [-0.05, 0) is 18.4 Å². The number of nitrogens with one attached hydrogen (secondary N) is 3. The number of carbonyl (C=O) groups is 1. The molecular weight excluding hydrogens is 328 g/mol. The zero-order valence-electron chi connectivity index (χ0n) is 15.4. The zero-order valence-corrected chi connectivity index (χ0v) is 15.4. The van der Waals surface area contributed by atoms with Gasteiger partial charge in [-0.2, -0.15) is 10.2 Å². The number of anilines is 1. The maximum absolute atomic E-state index is 12.8. The monoisotopic (exact) mass is 356 g/mol. The fraction of sp³-hybridized carbons (Fsp3) is 0.632. The lowest BCUT2D eigenvalue weighted by atomic mass is 9.90. The Morgan fingerprint density at radius 1 is 1.23 bits per heavy atom. The molecule has 1 aliphatic heterocycles. The standard InChI is InChI=1S/C19H28N6O/c1-25-12-14(9-21-25)15-10-20-11-16(15)19(26)22-18-8-17(23-24-18)13-6-4-2-3-5-7-13/h8-9,12-13,15-16,20H,2-7,10-11H2,1H3,(H2,22,23,24,26)/t15-,16+/m1/s1. The van der Waals surface area contributed by atoms with Crippen LogP contribution in [-0.2, 0) is 11.8 Å². The first kappa shape index (κ1) is 17.3. The quantitative estimate of drug-likeness (QED) is 0.735. The fourth-order valence-electron chi connectivity index (χ4n) is 4.36. The highest BCUT2D eigenvalue weighted by molar-refractivity contribution is 5.92. The van der Waals surface area contributed by atoms with Gasteiger partial charge in [0.25, 0.3) is 0 Å². The van der Waals surface area contributed by atoms with Crippen LogP contribution in [0.15, 0.2) is 18.5 Å². The first-order valence-corrected chi connectivity index (χ1v) is 9.76. The van der Waals surface area contributed by atoms with Crippen LogP contribution in [0.5, 0.6) is 0 Å². The van der Waals surface area contributed by atoms with Crippen LogP contribution in [-0.4, -0.2) is 39.0 Å². The molecule has 2 aliphatic rings. The number of nitrogens with zero attached hydrogens (tertiary/aromatic N) is 3. The summed E-state index contributed by atoms with van der Waals surface area (Å²) in [6.07, 6.45) is 11.5. The topological polar surface area (TPSA) is 87.6 Å². The molecule has 3 heterocycles. The maximum atomic E-state index is 12.8. The van der Waals surface area contributed by atoms with Crippen LogP contribution in [0.3, 0.4) is 0 Å². The molecule has 1 saturated carbocycles. The largest absolute Gasteiger partial charge is 0.315 e. The van der Waals surface area contributed by atoms with E-state index >= 15 is 0 Å². The number of rotatable bonds is 4. The van der Waals surface area contributed by atoms with Crippen LogP contribution in [0, 0.1) is 5.92 Å². The molecule has 0 spiro atoms. The van der Waals surface area contributed by atoms with E-state index in [1.807, 2.05) is 25.5 Å². The summed E-state index contributed by atoms with van der Waals surface area (Å²) < 4.78 is 1.79. The minimum absolute atomic E-state index is 0.0303. The van der Waals surface area contributed by atoms with E-state index in [-0.39, 0.29) is 17.7 Å². The molecule has 0 radical (unpaired) electrons. The third-order valence-corrected chi connectivity index (χ3v) is 5.85. The molecule has 2 aromatic rings. The molecule has 2 fully saturated rings. The van der Waals surface area contributed by atoms with E-state index in [4.69, 9.17) is 0 Å². The number of amides is 1. The van der Waals surface area contributed by atoms with Crippen molar-refractivity contribution in [1.82, 2.24) is 25.3 Å². The van der Waals surface area contributed by atoms with Crippen molar-refractivity contribution in [1.29, 1.82) is 0 Å². The van der Waals surface area contributed by atoms with Crippen molar-refractivity contribution >= 4 is 11.7 Å². The Morgan fingerprint density at radius 3 is 2.77 bits per heavy atom. The summed E-state index contributed by atoms with van der Waals surface area (Å²) in [5, 5.41) is 18.1. The van der Waals surface area contributed by atoms with Crippen LogP contribution < -0.4 is 10.6 Å². The Hall–Kier alpha value is -2.15. The zero-order chi connectivity index (χ0) is 17.9. The number of H-pyrrole nitrogens is 1. The molecular formula is C19H28N6O. The van der Waals surface area contributed by atoms with Crippen molar-refractivity contribution in [3.63, 3.8) is 0 Å². The first-order chi connectivity index (χ1) is 12.7.